The topological polar surface area (TPSA) is 84.7 Å². The van der Waals surface area contributed by atoms with Crippen LogP contribution in [0.3, 0.4) is 0 Å². The number of nitrogens with one attached hydrogen (secondary N) is 1. The lowest BCUT2D eigenvalue weighted by molar-refractivity contribution is -0.129. The average molecular weight is 353 g/mol. The smallest absolute Gasteiger partial charge is 0.251 e. The van der Waals surface area contributed by atoms with Crippen molar-refractivity contribution in [3.8, 4) is 5.75 Å². The fraction of sp³-hybridized carbons (Fsp3) is 0.300. The van der Waals surface area contributed by atoms with E-state index in [1.54, 1.807) is 24.1 Å². The molecule has 0 aliphatic carbocycles. The first-order valence-corrected chi connectivity index (χ1v) is 8.62. The van der Waals surface area contributed by atoms with Crippen LogP contribution in [-0.4, -0.2) is 36.4 Å². The van der Waals surface area contributed by atoms with Gasteiger partial charge in [0.05, 0.1) is 7.11 Å². The van der Waals surface area contributed by atoms with Gasteiger partial charge in [0.15, 0.2) is 0 Å². The molecule has 1 heterocycles. The molecule has 0 radical (unpaired) electrons. The molecule has 2 amide bonds. The molecule has 0 bridgehead atoms. The molecule has 0 spiro atoms. The Kier molecular flexibility index (Phi) is 5.53. The molecule has 0 saturated carbocycles. The Bertz CT molecular complexity index is 772. The van der Waals surface area contributed by atoms with E-state index in [0.29, 0.717) is 31.6 Å². The Labute approximate surface area is 152 Å². The van der Waals surface area contributed by atoms with Gasteiger partial charge in [0.1, 0.15) is 11.8 Å². The van der Waals surface area contributed by atoms with Crippen molar-refractivity contribution < 1.29 is 14.3 Å². The van der Waals surface area contributed by atoms with Crippen molar-refractivity contribution in [3.63, 3.8) is 0 Å². The van der Waals surface area contributed by atoms with E-state index in [9.17, 15) is 9.59 Å². The molecule has 3 N–H and O–H groups in total. The number of hydrogen-bond acceptors (Lipinski definition) is 4. The zero-order valence-corrected chi connectivity index (χ0v) is 14.8. The van der Waals surface area contributed by atoms with Gasteiger partial charge < -0.3 is 20.7 Å². The lowest BCUT2D eigenvalue weighted by Crippen LogP contribution is -2.41. The van der Waals surface area contributed by atoms with Gasteiger partial charge in [0, 0.05) is 25.2 Å². The molecule has 0 aromatic heterocycles. The Balaban J connectivity index is 1.58. The third-order valence-electron chi connectivity index (χ3n) is 4.59. The van der Waals surface area contributed by atoms with Crippen LogP contribution in [0.25, 0.3) is 0 Å². The third-order valence-corrected chi connectivity index (χ3v) is 4.59. The Morgan fingerprint density at radius 2 is 1.81 bits per heavy atom. The van der Waals surface area contributed by atoms with Gasteiger partial charge in [-0.2, -0.15) is 0 Å². The Hall–Kier alpha value is -2.86. The van der Waals surface area contributed by atoms with Gasteiger partial charge in [-0.3, -0.25) is 9.59 Å². The number of benzene rings is 2. The number of likely N-dealkylation sites (tertiary alicyclic amines) is 1. The molecule has 1 saturated heterocycles. The van der Waals surface area contributed by atoms with Crippen LogP contribution in [-0.2, 0) is 17.9 Å². The first-order chi connectivity index (χ1) is 12.6. The van der Waals surface area contributed by atoms with Crippen molar-refractivity contribution >= 4 is 11.8 Å². The molecule has 136 valence electrons. The molecular formula is C20H23N3O3. The molecular weight excluding hydrogens is 330 g/mol. The van der Waals surface area contributed by atoms with Gasteiger partial charge >= 0.3 is 0 Å². The zero-order chi connectivity index (χ0) is 18.5. The lowest BCUT2D eigenvalue weighted by atomic mass is 10.1. The van der Waals surface area contributed by atoms with Crippen LogP contribution in [0.5, 0.6) is 5.75 Å². The minimum Gasteiger partial charge on any atom is -0.497 e. The van der Waals surface area contributed by atoms with Crippen molar-refractivity contribution in [2.75, 3.05) is 13.7 Å². The summed E-state index contributed by atoms with van der Waals surface area (Å²) in [6.45, 7) is 1.59. The van der Waals surface area contributed by atoms with Gasteiger partial charge in [-0.25, -0.2) is 0 Å². The molecule has 1 aliphatic heterocycles. The average Bonchev–Trinajstić information content (AvgIpc) is 3.02. The summed E-state index contributed by atoms with van der Waals surface area (Å²) < 4.78 is 5.14. The molecule has 2 aromatic carbocycles. The van der Waals surface area contributed by atoms with E-state index in [4.69, 9.17) is 10.5 Å². The Morgan fingerprint density at radius 3 is 2.42 bits per heavy atom. The van der Waals surface area contributed by atoms with E-state index in [0.717, 1.165) is 16.9 Å². The van der Waals surface area contributed by atoms with Crippen LogP contribution in [0.1, 0.15) is 27.9 Å². The second-order valence-electron chi connectivity index (χ2n) is 6.32. The molecule has 2 aromatic rings. The maximum absolute atomic E-state index is 12.6. The van der Waals surface area contributed by atoms with E-state index in [1.165, 1.54) is 0 Å². The highest BCUT2D eigenvalue weighted by Gasteiger charge is 2.32. The van der Waals surface area contributed by atoms with E-state index in [1.807, 2.05) is 36.4 Å². The molecule has 26 heavy (non-hydrogen) atoms. The van der Waals surface area contributed by atoms with Crippen LogP contribution >= 0.6 is 0 Å². The molecule has 3 rings (SSSR count). The van der Waals surface area contributed by atoms with Crippen LogP contribution < -0.4 is 15.8 Å². The fourth-order valence-corrected chi connectivity index (χ4v) is 3.01. The first-order valence-electron chi connectivity index (χ1n) is 8.62. The number of carbonyl (C=O) groups is 2. The molecule has 1 unspecified atom stereocenters. The largest absolute Gasteiger partial charge is 0.497 e. The van der Waals surface area contributed by atoms with Crippen molar-refractivity contribution in [2.45, 2.75) is 25.6 Å². The van der Waals surface area contributed by atoms with Crippen molar-refractivity contribution in [1.29, 1.82) is 0 Å². The van der Waals surface area contributed by atoms with E-state index in [2.05, 4.69) is 5.32 Å². The van der Waals surface area contributed by atoms with Crippen LogP contribution in [0.15, 0.2) is 48.5 Å². The maximum atomic E-state index is 12.6. The summed E-state index contributed by atoms with van der Waals surface area (Å²) in [5, 5.41) is 2.84. The van der Waals surface area contributed by atoms with Crippen LogP contribution in [0.2, 0.25) is 0 Å². The standard InChI is InChI=1S/C20H23N3O3/c1-26-17-8-4-15(5-9-17)13-23-11-10-18(20(23)25)22-19(24)16-6-2-14(12-21)3-7-16/h2-9,18H,10-13,21H2,1H3,(H,22,24). The van der Waals surface area contributed by atoms with E-state index < -0.39 is 6.04 Å². The summed E-state index contributed by atoms with van der Waals surface area (Å²) in [5.74, 6) is 0.498. The lowest BCUT2D eigenvalue weighted by Gasteiger charge is -2.17. The number of nitrogens with zero attached hydrogens (tertiary/aromatic N) is 1. The predicted octanol–water partition coefficient (Wildman–Crippen LogP) is 1.68. The number of amides is 2. The number of methoxy groups -OCH3 is 1. The van der Waals surface area contributed by atoms with Crippen molar-refractivity contribution in [3.05, 3.63) is 65.2 Å². The van der Waals surface area contributed by atoms with Gasteiger partial charge in [-0.05, 0) is 41.8 Å². The first kappa shape index (κ1) is 17.9. The van der Waals surface area contributed by atoms with Crippen LogP contribution in [0.4, 0.5) is 0 Å². The van der Waals surface area contributed by atoms with Crippen molar-refractivity contribution in [2.24, 2.45) is 5.73 Å². The highest BCUT2D eigenvalue weighted by atomic mass is 16.5. The Morgan fingerprint density at radius 1 is 1.15 bits per heavy atom. The predicted molar refractivity (Wildman–Crippen MR) is 98.6 cm³/mol. The summed E-state index contributed by atoms with van der Waals surface area (Å²) in [4.78, 5) is 26.7. The molecule has 1 aliphatic rings. The minimum atomic E-state index is -0.477. The zero-order valence-electron chi connectivity index (χ0n) is 14.8. The molecule has 1 fully saturated rings. The second kappa shape index (κ2) is 8.01. The monoisotopic (exact) mass is 353 g/mol. The number of nitrogens with two attached hydrogens (primary N) is 1. The third kappa shape index (κ3) is 4.03. The maximum Gasteiger partial charge on any atom is 0.251 e. The van der Waals surface area contributed by atoms with E-state index in [-0.39, 0.29) is 11.8 Å². The number of ether oxygens (including phenoxy) is 1. The van der Waals surface area contributed by atoms with Gasteiger partial charge in [0.25, 0.3) is 5.91 Å². The van der Waals surface area contributed by atoms with E-state index >= 15 is 0 Å². The normalized spacial score (nSPS) is 16.6. The summed E-state index contributed by atoms with van der Waals surface area (Å²) in [7, 11) is 1.62. The SMILES string of the molecule is COc1ccc(CN2CCC(NC(=O)c3ccc(CN)cc3)C2=O)cc1. The molecule has 1 atom stereocenters. The summed E-state index contributed by atoms with van der Waals surface area (Å²) in [6.07, 6.45) is 0.613. The summed E-state index contributed by atoms with van der Waals surface area (Å²) >= 11 is 0. The number of hydrogen-bond donors (Lipinski definition) is 2. The fourth-order valence-electron chi connectivity index (χ4n) is 3.01. The quantitative estimate of drug-likeness (QED) is 0.828. The highest BCUT2D eigenvalue weighted by Crippen LogP contribution is 2.18. The minimum absolute atomic E-state index is 0.0484. The van der Waals surface area contributed by atoms with Crippen LogP contribution in [0, 0.1) is 0 Å². The highest BCUT2D eigenvalue weighted by molar-refractivity contribution is 5.98. The van der Waals surface area contributed by atoms with Crippen molar-refractivity contribution in [1.82, 2.24) is 10.2 Å². The van der Waals surface area contributed by atoms with Gasteiger partial charge in [-0.1, -0.05) is 24.3 Å². The number of rotatable bonds is 6. The van der Waals surface area contributed by atoms with Gasteiger partial charge in [-0.15, -0.1) is 0 Å². The second-order valence-corrected chi connectivity index (χ2v) is 6.32. The summed E-state index contributed by atoms with van der Waals surface area (Å²) in [6, 6.07) is 14.3. The van der Waals surface area contributed by atoms with Gasteiger partial charge in [0.2, 0.25) is 5.91 Å². The molecule has 6 heteroatoms. The molecule has 6 nitrogen and oxygen atoms in total. The summed E-state index contributed by atoms with van der Waals surface area (Å²) in [5.41, 5.74) is 8.09. The number of carbonyl (C=O) groups excluding carboxylic acids is 2.